The number of hydrogen-bond donors (Lipinski definition) is 0. The van der Waals surface area contributed by atoms with Crippen molar-refractivity contribution in [2.24, 2.45) is 0 Å². The van der Waals surface area contributed by atoms with Crippen molar-refractivity contribution in [1.29, 1.82) is 0 Å². The van der Waals surface area contributed by atoms with Crippen LogP contribution < -0.4 is 0 Å². The van der Waals surface area contributed by atoms with E-state index in [1.807, 2.05) is 0 Å². The van der Waals surface area contributed by atoms with E-state index in [4.69, 9.17) is 0 Å². The van der Waals surface area contributed by atoms with Crippen LogP contribution in [0.5, 0.6) is 0 Å². The zero-order chi connectivity index (χ0) is 6.69. The van der Waals surface area contributed by atoms with Crippen molar-refractivity contribution in [3.05, 3.63) is 16.1 Å². The molecule has 1 aromatic rings. The van der Waals surface area contributed by atoms with Crippen LogP contribution in [-0.4, -0.2) is 17.6 Å². The number of nitrogens with zero attached hydrogens (tertiary/aromatic N) is 1. The first-order valence-electron chi connectivity index (χ1n) is 2.23. The molecule has 0 N–H and O–H groups in total. The quantitative estimate of drug-likeness (QED) is 0.571. The highest BCUT2D eigenvalue weighted by Crippen LogP contribution is 2.06. The molecule has 46 valence electrons. The molecule has 4 heteroatoms. The Morgan fingerprint density at radius 1 is 1.44 bits per heavy atom. The van der Waals surface area contributed by atoms with Crippen molar-refractivity contribution in [2.75, 3.05) is 0 Å². The van der Waals surface area contributed by atoms with Crippen LogP contribution in [0, 0.1) is 0 Å². The molecule has 1 heterocycles. The minimum Gasteiger partial charge on any atom is -0.297 e. The lowest BCUT2D eigenvalue weighted by Crippen LogP contribution is -1.69. The molecule has 0 saturated heterocycles. The van der Waals surface area contributed by atoms with E-state index in [1.165, 1.54) is 6.20 Å². The molecular formula is C5H3NO2S. The van der Waals surface area contributed by atoms with Gasteiger partial charge in [-0.2, -0.15) is 0 Å². The molecule has 0 aliphatic heterocycles. The minimum absolute atomic E-state index is 0.345. The van der Waals surface area contributed by atoms with Crippen molar-refractivity contribution < 1.29 is 9.59 Å². The number of rotatable bonds is 2. The Morgan fingerprint density at radius 2 is 2.22 bits per heavy atom. The summed E-state index contributed by atoms with van der Waals surface area (Å²) in [5.41, 5.74) is 0. The molecule has 0 unspecified atom stereocenters. The molecule has 0 spiro atoms. The van der Waals surface area contributed by atoms with Gasteiger partial charge in [-0.25, -0.2) is 4.98 Å². The molecule has 0 bridgehead atoms. The first-order chi connectivity index (χ1) is 4.36. The van der Waals surface area contributed by atoms with Crippen LogP contribution in [0.4, 0.5) is 0 Å². The first-order valence-corrected chi connectivity index (χ1v) is 3.04. The Morgan fingerprint density at radius 3 is 2.56 bits per heavy atom. The fourth-order valence-corrected chi connectivity index (χ4v) is 0.958. The number of aromatic nitrogens is 1. The SMILES string of the molecule is O=Cc1cnc(C=O)s1. The Hall–Kier alpha value is -1.03. The van der Waals surface area contributed by atoms with Gasteiger partial charge in [-0.1, -0.05) is 0 Å². The first kappa shape index (κ1) is 6.10. The van der Waals surface area contributed by atoms with Crippen molar-refractivity contribution in [1.82, 2.24) is 4.98 Å². The highest BCUT2D eigenvalue weighted by Gasteiger charge is 1.96. The Balaban J connectivity index is 2.98. The van der Waals surface area contributed by atoms with E-state index in [2.05, 4.69) is 4.98 Å². The summed E-state index contributed by atoms with van der Waals surface area (Å²) in [5.74, 6) is 0. The van der Waals surface area contributed by atoms with Gasteiger partial charge in [0.05, 0.1) is 4.88 Å². The summed E-state index contributed by atoms with van der Waals surface area (Å²) >= 11 is 1.09. The molecule has 1 rings (SSSR count). The molecule has 0 aliphatic rings. The fraction of sp³-hybridized carbons (Fsp3) is 0. The van der Waals surface area contributed by atoms with E-state index < -0.39 is 0 Å². The summed E-state index contributed by atoms with van der Waals surface area (Å²) in [6.45, 7) is 0. The molecule has 1 aromatic heterocycles. The fourth-order valence-electron chi connectivity index (χ4n) is 0.410. The number of hydrogen-bond acceptors (Lipinski definition) is 4. The van der Waals surface area contributed by atoms with E-state index in [1.54, 1.807) is 0 Å². The molecular weight excluding hydrogens is 138 g/mol. The lowest BCUT2D eigenvalue weighted by atomic mass is 10.6. The zero-order valence-electron chi connectivity index (χ0n) is 4.40. The Kier molecular flexibility index (Phi) is 1.69. The van der Waals surface area contributed by atoms with Gasteiger partial charge in [0.1, 0.15) is 0 Å². The molecule has 3 nitrogen and oxygen atoms in total. The van der Waals surface area contributed by atoms with E-state index in [0.29, 0.717) is 22.5 Å². The van der Waals surface area contributed by atoms with Crippen LogP contribution in [0.3, 0.4) is 0 Å². The van der Waals surface area contributed by atoms with Gasteiger partial charge >= 0.3 is 0 Å². The summed E-state index contributed by atoms with van der Waals surface area (Å²) in [6, 6.07) is 0. The zero-order valence-corrected chi connectivity index (χ0v) is 5.22. The second-order valence-corrected chi connectivity index (χ2v) is 2.43. The molecule has 9 heavy (non-hydrogen) atoms. The Labute approximate surface area is 55.3 Å². The van der Waals surface area contributed by atoms with Gasteiger partial charge in [-0.3, -0.25) is 9.59 Å². The maximum atomic E-state index is 9.99. The number of carbonyl (C=O) groups is 2. The van der Waals surface area contributed by atoms with E-state index in [-0.39, 0.29) is 0 Å². The van der Waals surface area contributed by atoms with Crippen molar-refractivity contribution in [2.45, 2.75) is 0 Å². The molecule has 0 fully saturated rings. The lowest BCUT2D eigenvalue weighted by Gasteiger charge is -1.68. The number of thiazole rings is 1. The van der Waals surface area contributed by atoms with Crippen molar-refractivity contribution >= 4 is 23.9 Å². The normalized spacial score (nSPS) is 8.89. The number of carbonyl (C=O) groups excluding carboxylic acids is 2. The third-order valence-electron chi connectivity index (χ3n) is 0.758. The summed E-state index contributed by atoms with van der Waals surface area (Å²) in [5, 5.41) is 0.345. The molecule has 0 atom stereocenters. The maximum absolute atomic E-state index is 9.99. The molecule has 0 amide bonds. The number of aldehydes is 2. The predicted molar refractivity (Wildman–Crippen MR) is 32.9 cm³/mol. The second kappa shape index (κ2) is 2.50. The van der Waals surface area contributed by atoms with Crippen molar-refractivity contribution in [3.8, 4) is 0 Å². The van der Waals surface area contributed by atoms with Gasteiger partial charge in [0, 0.05) is 6.20 Å². The van der Waals surface area contributed by atoms with E-state index in [9.17, 15) is 9.59 Å². The van der Waals surface area contributed by atoms with Crippen LogP contribution in [0.2, 0.25) is 0 Å². The van der Waals surface area contributed by atoms with Crippen LogP contribution >= 0.6 is 11.3 Å². The summed E-state index contributed by atoms with van der Waals surface area (Å²) in [6.07, 6.45) is 2.67. The average Bonchev–Trinajstić information content (AvgIpc) is 2.34. The maximum Gasteiger partial charge on any atom is 0.178 e. The van der Waals surface area contributed by atoms with Crippen LogP contribution in [0.25, 0.3) is 0 Å². The lowest BCUT2D eigenvalue weighted by molar-refractivity contribution is 0.111. The van der Waals surface area contributed by atoms with Gasteiger partial charge in [-0.15, -0.1) is 11.3 Å². The van der Waals surface area contributed by atoms with Gasteiger partial charge < -0.3 is 0 Å². The average molecular weight is 141 g/mol. The van der Waals surface area contributed by atoms with E-state index in [0.717, 1.165) is 11.3 Å². The highest BCUT2D eigenvalue weighted by atomic mass is 32.1. The summed E-state index contributed by atoms with van der Waals surface area (Å²) in [7, 11) is 0. The summed E-state index contributed by atoms with van der Waals surface area (Å²) < 4.78 is 0. The smallest absolute Gasteiger partial charge is 0.178 e. The monoisotopic (exact) mass is 141 g/mol. The highest BCUT2D eigenvalue weighted by molar-refractivity contribution is 7.14. The van der Waals surface area contributed by atoms with Crippen LogP contribution in [0.15, 0.2) is 6.20 Å². The van der Waals surface area contributed by atoms with Gasteiger partial charge in [0.25, 0.3) is 0 Å². The molecule has 0 radical (unpaired) electrons. The summed E-state index contributed by atoms with van der Waals surface area (Å²) in [4.78, 5) is 24.1. The largest absolute Gasteiger partial charge is 0.297 e. The third-order valence-corrected chi connectivity index (χ3v) is 1.61. The van der Waals surface area contributed by atoms with Gasteiger partial charge in [0.15, 0.2) is 17.6 Å². The standard InChI is InChI=1S/C5H3NO2S/c7-2-4-1-6-5(3-8)9-4/h1-3H. The molecule has 0 saturated carbocycles. The van der Waals surface area contributed by atoms with Crippen molar-refractivity contribution in [3.63, 3.8) is 0 Å². The van der Waals surface area contributed by atoms with Crippen LogP contribution in [-0.2, 0) is 0 Å². The minimum atomic E-state index is 0.345. The van der Waals surface area contributed by atoms with E-state index >= 15 is 0 Å². The molecule has 0 aromatic carbocycles. The molecule has 0 aliphatic carbocycles. The third kappa shape index (κ3) is 1.20. The predicted octanol–water partition coefficient (Wildman–Crippen LogP) is 0.768. The van der Waals surface area contributed by atoms with Gasteiger partial charge in [0.2, 0.25) is 0 Å². The van der Waals surface area contributed by atoms with Gasteiger partial charge in [-0.05, 0) is 0 Å². The van der Waals surface area contributed by atoms with Crippen LogP contribution in [0.1, 0.15) is 19.5 Å². The second-order valence-electron chi connectivity index (χ2n) is 1.34. The Bertz CT molecular complexity index is 208. The topological polar surface area (TPSA) is 47.0 Å².